The van der Waals surface area contributed by atoms with E-state index in [1.165, 1.54) is 12.1 Å². The molecule has 0 radical (unpaired) electrons. The van der Waals surface area contributed by atoms with Gasteiger partial charge in [-0.15, -0.1) is 0 Å². The maximum atomic E-state index is 12.1. The molecule has 0 bridgehead atoms. The number of nitrogens with one attached hydrogen (secondary N) is 1. The quantitative estimate of drug-likeness (QED) is 0.621. The van der Waals surface area contributed by atoms with Crippen LogP contribution in [-0.2, 0) is 14.8 Å². The summed E-state index contributed by atoms with van der Waals surface area (Å²) in [5.74, 6) is 0. The predicted molar refractivity (Wildman–Crippen MR) is 76.9 cm³/mol. The molecular formula is C12H19ClN2O3S. The van der Waals surface area contributed by atoms with Crippen molar-refractivity contribution < 1.29 is 13.2 Å². The summed E-state index contributed by atoms with van der Waals surface area (Å²) in [5, 5.41) is 0.156. The van der Waals surface area contributed by atoms with Crippen molar-refractivity contribution >= 4 is 27.3 Å². The summed E-state index contributed by atoms with van der Waals surface area (Å²) in [6.45, 7) is 6.01. The van der Waals surface area contributed by atoms with Gasteiger partial charge >= 0.3 is 0 Å². The molecule has 1 aromatic rings. The minimum atomic E-state index is -3.67. The van der Waals surface area contributed by atoms with Crippen LogP contribution in [-0.4, -0.2) is 27.7 Å². The topological polar surface area (TPSA) is 81.4 Å². The Labute approximate surface area is 119 Å². The summed E-state index contributed by atoms with van der Waals surface area (Å²) in [4.78, 5) is -0.0122. The number of anilines is 1. The van der Waals surface area contributed by atoms with Gasteiger partial charge in [-0.3, -0.25) is 0 Å². The van der Waals surface area contributed by atoms with Crippen LogP contribution in [0.25, 0.3) is 0 Å². The fourth-order valence-electron chi connectivity index (χ4n) is 1.42. The molecule has 1 rings (SSSR count). The van der Waals surface area contributed by atoms with Crippen molar-refractivity contribution in [1.82, 2.24) is 4.72 Å². The fourth-order valence-corrected chi connectivity index (χ4v) is 3.05. The molecule has 0 spiro atoms. The minimum absolute atomic E-state index is 0.0122. The molecule has 19 heavy (non-hydrogen) atoms. The molecule has 0 amide bonds. The van der Waals surface area contributed by atoms with Gasteiger partial charge in [-0.05, 0) is 38.5 Å². The first-order valence-electron chi connectivity index (χ1n) is 5.91. The van der Waals surface area contributed by atoms with Crippen molar-refractivity contribution in [3.8, 4) is 0 Å². The number of rotatable bonds is 6. The molecule has 7 heteroatoms. The Morgan fingerprint density at radius 3 is 2.63 bits per heavy atom. The van der Waals surface area contributed by atoms with Gasteiger partial charge in [0.2, 0.25) is 10.0 Å². The van der Waals surface area contributed by atoms with E-state index < -0.39 is 10.0 Å². The Hall–Kier alpha value is -0.820. The van der Waals surface area contributed by atoms with Crippen molar-refractivity contribution in [2.45, 2.75) is 31.8 Å². The fraction of sp³-hybridized carbons (Fsp3) is 0.500. The monoisotopic (exact) mass is 306 g/mol. The molecule has 0 aromatic heterocycles. The van der Waals surface area contributed by atoms with E-state index in [9.17, 15) is 8.42 Å². The van der Waals surface area contributed by atoms with Crippen molar-refractivity contribution in [3.63, 3.8) is 0 Å². The second-order valence-corrected chi connectivity index (χ2v) is 6.60. The van der Waals surface area contributed by atoms with Crippen LogP contribution in [0, 0.1) is 6.92 Å². The summed E-state index contributed by atoms with van der Waals surface area (Å²) in [6, 6.07) is 2.90. The Bertz CT molecular complexity index is 544. The first-order chi connectivity index (χ1) is 8.74. The number of sulfonamides is 1. The molecule has 0 saturated heterocycles. The van der Waals surface area contributed by atoms with Gasteiger partial charge in [-0.2, -0.15) is 0 Å². The standard InChI is InChI=1S/C12H19ClN2O3S/c1-8(2)18-5-4-15-19(16,17)12-7-11(14)9(3)6-10(12)13/h6-8,15H,4-5,14H2,1-3H3. The lowest BCUT2D eigenvalue weighted by Crippen LogP contribution is -2.28. The molecule has 108 valence electrons. The molecule has 1 aromatic carbocycles. The number of nitrogen functional groups attached to an aromatic ring is 1. The smallest absolute Gasteiger partial charge is 0.242 e. The van der Waals surface area contributed by atoms with Gasteiger partial charge in [0, 0.05) is 12.2 Å². The van der Waals surface area contributed by atoms with E-state index in [0.717, 1.165) is 5.56 Å². The van der Waals surface area contributed by atoms with E-state index in [2.05, 4.69) is 4.72 Å². The lowest BCUT2D eigenvalue weighted by atomic mass is 10.2. The van der Waals surface area contributed by atoms with Gasteiger partial charge < -0.3 is 10.5 Å². The Balaban J connectivity index is 2.80. The molecule has 0 heterocycles. The highest BCUT2D eigenvalue weighted by Gasteiger charge is 2.18. The third kappa shape index (κ3) is 4.65. The second-order valence-electron chi connectivity index (χ2n) is 4.46. The van der Waals surface area contributed by atoms with Crippen LogP contribution in [0.2, 0.25) is 5.02 Å². The molecule has 0 aliphatic carbocycles. The summed E-state index contributed by atoms with van der Waals surface area (Å²) in [5.41, 5.74) is 6.84. The number of hydrogen-bond acceptors (Lipinski definition) is 4. The van der Waals surface area contributed by atoms with Gasteiger partial charge in [0.25, 0.3) is 0 Å². The summed E-state index contributed by atoms with van der Waals surface area (Å²) in [6.07, 6.45) is 0.0584. The number of aryl methyl sites for hydroxylation is 1. The van der Waals surface area contributed by atoms with Gasteiger partial charge in [-0.1, -0.05) is 11.6 Å². The largest absolute Gasteiger partial charge is 0.398 e. The highest BCUT2D eigenvalue weighted by molar-refractivity contribution is 7.89. The zero-order chi connectivity index (χ0) is 14.6. The van der Waals surface area contributed by atoms with Crippen LogP contribution < -0.4 is 10.5 Å². The van der Waals surface area contributed by atoms with Gasteiger partial charge in [-0.25, -0.2) is 13.1 Å². The van der Waals surface area contributed by atoms with Crippen molar-refractivity contribution in [1.29, 1.82) is 0 Å². The number of benzene rings is 1. The summed E-state index contributed by atoms with van der Waals surface area (Å²) < 4.78 is 31.8. The van der Waals surface area contributed by atoms with E-state index in [-0.39, 0.29) is 22.6 Å². The Morgan fingerprint density at radius 2 is 2.05 bits per heavy atom. The summed E-state index contributed by atoms with van der Waals surface area (Å²) in [7, 11) is -3.67. The van der Waals surface area contributed by atoms with E-state index >= 15 is 0 Å². The molecule has 3 N–H and O–H groups in total. The van der Waals surface area contributed by atoms with E-state index in [0.29, 0.717) is 12.3 Å². The zero-order valence-corrected chi connectivity index (χ0v) is 12.8. The Kier molecular flexibility index (Phi) is 5.61. The minimum Gasteiger partial charge on any atom is -0.398 e. The van der Waals surface area contributed by atoms with E-state index in [4.69, 9.17) is 22.1 Å². The van der Waals surface area contributed by atoms with Crippen molar-refractivity contribution in [3.05, 3.63) is 22.7 Å². The van der Waals surface area contributed by atoms with Crippen LogP contribution in [0.4, 0.5) is 5.69 Å². The van der Waals surface area contributed by atoms with Crippen LogP contribution in [0.1, 0.15) is 19.4 Å². The number of ether oxygens (including phenoxy) is 1. The van der Waals surface area contributed by atoms with Crippen molar-refractivity contribution in [2.24, 2.45) is 0 Å². The first kappa shape index (κ1) is 16.2. The maximum absolute atomic E-state index is 12.1. The molecule has 0 aliphatic heterocycles. The molecule has 0 unspecified atom stereocenters. The lowest BCUT2D eigenvalue weighted by molar-refractivity contribution is 0.0834. The van der Waals surface area contributed by atoms with Gasteiger partial charge in [0.1, 0.15) is 4.90 Å². The molecule has 0 saturated carbocycles. The average molecular weight is 307 g/mol. The van der Waals surface area contributed by atoms with Crippen molar-refractivity contribution in [2.75, 3.05) is 18.9 Å². The van der Waals surface area contributed by atoms with Gasteiger partial charge in [0.05, 0.1) is 17.7 Å². The molecule has 0 aliphatic rings. The summed E-state index contributed by atoms with van der Waals surface area (Å²) >= 11 is 5.94. The number of nitrogens with two attached hydrogens (primary N) is 1. The average Bonchev–Trinajstić information content (AvgIpc) is 2.29. The predicted octanol–water partition coefficient (Wildman–Crippen LogP) is 1.93. The zero-order valence-electron chi connectivity index (χ0n) is 11.2. The number of halogens is 1. The van der Waals surface area contributed by atoms with E-state index in [1.54, 1.807) is 6.92 Å². The lowest BCUT2D eigenvalue weighted by Gasteiger charge is -2.11. The Morgan fingerprint density at radius 1 is 1.42 bits per heavy atom. The molecule has 5 nitrogen and oxygen atoms in total. The third-order valence-corrected chi connectivity index (χ3v) is 4.38. The molecule has 0 fully saturated rings. The molecule has 0 atom stereocenters. The first-order valence-corrected chi connectivity index (χ1v) is 7.77. The second kappa shape index (κ2) is 6.56. The third-order valence-electron chi connectivity index (χ3n) is 2.46. The van der Waals surface area contributed by atoms with Crippen LogP contribution in [0.5, 0.6) is 0 Å². The maximum Gasteiger partial charge on any atom is 0.242 e. The SMILES string of the molecule is Cc1cc(Cl)c(S(=O)(=O)NCCOC(C)C)cc1N. The highest BCUT2D eigenvalue weighted by atomic mass is 35.5. The highest BCUT2D eigenvalue weighted by Crippen LogP contribution is 2.26. The van der Waals surface area contributed by atoms with E-state index in [1.807, 2.05) is 13.8 Å². The van der Waals surface area contributed by atoms with Crippen LogP contribution >= 0.6 is 11.6 Å². The van der Waals surface area contributed by atoms with Crippen LogP contribution in [0.3, 0.4) is 0 Å². The van der Waals surface area contributed by atoms with Gasteiger partial charge in [0.15, 0.2) is 0 Å². The normalized spacial score (nSPS) is 12.1. The molecular weight excluding hydrogens is 288 g/mol. The number of hydrogen-bond donors (Lipinski definition) is 2. The van der Waals surface area contributed by atoms with Crippen LogP contribution in [0.15, 0.2) is 17.0 Å².